The van der Waals surface area contributed by atoms with E-state index in [1.807, 2.05) is 13.0 Å². The fourth-order valence-corrected chi connectivity index (χ4v) is 5.58. The zero-order valence-corrected chi connectivity index (χ0v) is 17.6. The van der Waals surface area contributed by atoms with E-state index >= 15 is 0 Å². The number of phenols is 1. The average Bonchev–Trinajstić information content (AvgIpc) is 2.61. The number of nitrogens with two attached hydrogens (primary N) is 1. The van der Waals surface area contributed by atoms with Gasteiger partial charge in [-0.15, -0.1) is 0 Å². The largest absolute Gasteiger partial charge is 0.507 e. The van der Waals surface area contributed by atoms with Crippen LogP contribution in [0.1, 0.15) is 34.1 Å². The van der Waals surface area contributed by atoms with Crippen molar-refractivity contribution in [1.82, 2.24) is 0 Å². The molecule has 0 aromatic heterocycles. The maximum absolute atomic E-state index is 13.6. The molecule has 0 radical (unpaired) electrons. The van der Waals surface area contributed by atoms with Gasteiger partial charge in [0.25, 0.3) is 0 Å². The van der Waals surface area contributed by atoms with E-state index in [1.165, 1.54) is 0 Å². The lowest BCUT2D eigenvalue weighted by atomic mass is 9.66. The molecule has 0 aliphatic heterocycles. The third-order valence-corrected chi connectivity index (χ3v) is 6.61. The Kier molecular flexibility index (Phi) is 4.24. The summed E-state index contributed by atoms with van der Waals surface area (Å²) < 4.78 is 6.30. The second-order valence-electron chi connectivity index (χ2n) is 8.83. The van der Waals surface area contributed by atoms with Crippen molar-refractivity contribution in [2.45, 2.75) is 39.1 Å². The van der Waals surface area contributed by atoms with Crippen LogP contribution < -0.4 is 5.73 Å². The molecule has 0 bridgehead atoms. The third kappa shape index (κ3) is 2.79. The highest BCUT2D eigenvalue weighted by Crippen LogP contribution is 2.47. The zero-order chi connectivity index (χ0) is 20.4. The molecule has 3 N–H and O–H groups in total. The molecule has 2 aliphatic carbocycles. The number of hydrogen-bond acceptors (Lipinski definition) is 5. The Morgan fingerprint density at radius 3 is 2.36 bits per heavy atom. The summed E-state index contributed by atoms with van der Waals surface area (Å²) in [7, 11) is -1.95. The zero-order valence-electron chi connectivity index (χ0n) is 16.6. The molecular formula is C22H25NO4Si. The lowest BCUT2D eigenvalue weighted by Gasteiger charge is -2.41. The molecule has 0 fully saturated rings. The van der Waals surface area contributed by atoms with Crippen LogP contribution in [0.25, 0.3) is 10.8 Å². The van der Waals surface area contributed by atoms with E-state index in [0.717, 1.165) is 5.57 Å². The van der Waals surface area contributed by atoms with Crippen LogP contribution in [0.2, 0.25) is 19.6 Å². The number of aromatic hydroxyl groups is 1. The summed E-state index contributed by atoms with van der Waals surface area (Å²) >= 11 is 0. The van der Waals surface area contributed by atoms with Gasteiger partial charge in [-0.3, -0.25) is 9.59 Å². The molecule has 6 heteroatoms. The Hall–Kier alpha value is -2.44. The van der Waals surface area contributed by atoms with Gasteiger partial charge in [-0.05, 0) is 33.0 Å². The standard InChI is InChI=1S/C22H25NO4Si/c1-11-9-14-16(15(10-11)27-28(2,3)4)22(26)17-18(21(14)25)20(24)13-8-6-5-7-12(13)19(17)23/h5-8,10,14-16,24H,9,23H2,1-4H3/t14-,15+,16-/m1/s1. The van der Waals surface area contributed by atoms with Crippen molar-refractivity contribution in [1.29, 1.82) is 0 Å². The van der Waals surface area contributed by atoms with Crippen LogP contribution in [0.5, 0.6) is 5.75 Å². The molecule has 2 aliphatic rings. The average molecular weight is 396 g/mol. The van der Waals surface area contributed by atoms with Gasteiger partial charge in [0.1, 0.15) is 5.75 Å². The molecule has 28 heavy (non-hydrogen) atoms. The van der Waals surface area contributed by atoms with E-state index in [-0.39, 0.29) is 34.1 Å². The third-order valence-electron chi connectivity index (χ3n) is 5.63. The molecule has 0 amide bonds. The SMILES string of the molecule is CC1=C[C@H](O[Si](C)(C)C)[C@@H]2C(=O)c3c(c(O)c4ccccc4c3N)C(=O)[C@@H]2C1. The number of hydrogen-bond donors (Lipinski definition) is 2. The summed E-state index contributed by atoms with van der Waals surface area (Å²) in [5.41, 5.74) is 7.87. The number of fused-ring (bicyclic) bond motifs is 3. The second-order valence-corrected chi connectivity index (χ2v) is 13.3. The van der Waals surface area contributed by atoms with Crippen molar-refractivity contribution < 1.29 is 19.1 Å². The molecule has 0 unspecified atom stereocenters. The van der Waals surface area contributed by atoms with Gasteiger partial charge < -0.3 is 15.3 Å². The summed E-state index contributed by atoms with van der Waals surface area (Å²) in [6.45, 7) is 8.16. The minimum Gasteiger partial charge on any atom is -0.507 e. The van der Waals surface area contributed by atoms with Crippen molar-refractivity contribution in [3.63, 3.8) is 0 Å². The molecule has 2 aromatic carbocycles. The smallest absolute Gasteiger partial charge is 0.184 e. The van der Waals surface area contributed by atoms with Gasteiger partial charge in [0.2, 0.25) is 0 Å². The van der Waals surface area contributed by atoms with Crippen LogP contribution in [0, 0.1) is 11.8 Å². The van der Waals surface area contributed by atoms with Crippen LogP contribution in [-0.2, 0) is 4.43 Å². The van der Waals surface area contributed by atoms with Crippen molar-refractivity contribution >= 4 is 36.3 Å². The van der Waals surface area contributed by atoms with Crippen LogP contribution in [0.3, 0.4) is 0 Å². The summed E-state index contributed by atoms with van der Waals surface area (Å²) in [5, 5.41) is 11.9. The molecule has 5 nitrogen and oxygen atoms in total. The van der Waals surface area contributed by atoms with Crippen LogP contribution in [0.15, 0.2) is 35.9 Å². The molecule has 0 spiro atoms. The highest BCUT2D eigenvalue weighted by molar-refractivity contribution is 6.69. The Bertz CT molecular complexity index is 1050. The number of carbonyl (C=O) groups is 2. The van der Waals surface area contributed by atoms with Crippen molar-refractivity contribution in [2.75, 3.05) is 5.73 Å². The van der Waals surface area contributed by atoms with E-state index in [2.05, 4.69) is 19.6 Å². The first-order valence-electron chi connectivity index (χ1n) is 9.57. The number of allylic oxidation sites excluding steroid dienone is 1. The quantitative estimate of drug-likeness (QED) is 0.342. The Labute approximate surface area is 165 Å². The first-order valence-corrected chi connectivity index (χ1v) is 13.0. The Morgan fingerprint density at radius 1 is 1.07 bits per heavy atom. The predicted octanol–water partition coefficient (Wildman–Crippen LogP) is 4.31. The van der Waals surface area contributed by atoms with E-state index < -0.39 is 26.3 Å². The minimum absolute atomic E-state index is 0.0731. The molecule has 0 saturated carbocycles. The van der Waals surface area contributed by atoms with Crippen LogP contribution in [-0.4, -0.2) is 31.1 Å². The normalized spacial score (nSPS) is 24.7. The summed E-state index contributed by atoms with van der Waals surface area (Å²) in [6, 6.07) is 7.05. The van der Waals surface area contributed by atoms with Crippen molar-refractivity contribution in [2.24, 2.45) is 11.8 Å². The van der Waals surface area contributed by atoms with Gasteiger partial charge in [-0.25, -0.2) is 0 Å². The molecule has 146 valence electrons. The minimum atomic E-state index is -1.95. The second kappa shape index (κ2) is 6.29. The number of anilines is 1. The first-order chi connectivity index (χ1) is 13.1. The van der Waals surface area contributed by atoms with Gasteiger partial charge in [0, 0.05) is 16.7 Å². The summed E-state index contributed by atoms with van der Waals surface area (Å²) in [6.07, 6.45) is 2.03. The maximum atomic E-state index is 13.6. The lowest BCUT2D eigenvalue weighted by molar-refractivity contribution is 0.0549. The number of phenolic OH excluding ortho intramolecular Hbond substituents is 1. The van der Waals surface area contributed by atoms with Crippen LogP contribution >= 0.6 is 0 Å². The monoisotopic (exact) mass is 395 g/mol. The topological polar surface area (TPSA) is 89.6 Å². The maximum Gasteiger partial charge on any atom is 0.184 e. The van der Waals surface area contributed by atoms with Gasteiger partial charge in [-0.2, -0.15) is 0 Å². The fourth-order valence-electron chi connectivity index (χ4n) is 4.55. The van der Waals surface area contributed by atoms with Gasteiger partial charge in [0.05, 0.1) is 28.8 Å². The molecule has 4 rings (SSSR count). The molecular weight excluding hydrogens is 370 g/mol. The predicted molar refractivity (Wildman–Crippen MR) is 112 cm³/mol. The van der Waals surface area contributed by atoms with Gasteiger partial charge in [-0.1, -0.05) is 35.9 Å². The van der Waals surface area contributed by atoms with E-state index in [0.29, 0.717) is 17.2 Å². The highest BCUT2D eigenvalue weighted by atomic mass is 28.4. The molecule has 2 aromatic rings. The molecule has 0 saturated heterocycles. The summed E-state index contributed by atoms with van der Waals surface area (Å²) in [5.74, 6) is -1.70. The number of benzene rings is 2. The first kappa shape index (κ1) is 18.9. The number of carbonyl (C=O) groups excluding carboxylic acids is 2. The number of Topliss-reactive ketones (excluding diaryl/α,β-unsaturated/α-hetero) is 2. The van der Waals surface area contributed by atoms with Crippen molar-refractivity contribution in [3.8, 4) is 5.75 Å². The fraction of sp³-hybridized carbons (Fsp3) is 0.364. The number of nitrogen functional groups attached to an aromatic ring is 1. The highest BCUT2D eigenvalue weighted by Gasteiger charge is 2.50. The molecule has 0 heterocycles. The Morgan fingerprint density at radius 2 is 1.71 bits per heavy atom. The molecule has 3 atom stereocenters. The van der Waals surface area contributed by atoms with E-state index in [9.17, 15) is 14.7 Å². The van der Waals surface area contributed by atoms with Gasteiger partial charge >= 0.3 is 0 Å². The number of rotatable bonds is 2. The van der Waals surface area contributed by atoms with E-state index in [1.54, 1.807) is 24.3 Å². The Balaban J connectivity index is 1.95. The van der Waals surface area contributed by atoms with Crippen LogP contribution in [0.4, 0.5) is 5.69 Å². The summed E-state index contributed by atoms with van der Waals surface area (Å²) in [4.78, 5) is 27.0. The number of ketones is 2. The lowest BCUT2D eigenvalue weighted by Crippen LogP contribution is -2.48. The van der Waals surface area contributed by atoms with Gasteiger partial charge in [0.15, 0.2) is 19.9 Å². The van der Waals surface area contributed by atoms with Crippen molar-refractivity contribution in [3.05, 3.63) is 47.0 Å². The van der Waals surface area contributed by atoms with E-state index in [4.69, 9.17) is 10.2 Å².